The molecular weight excluding hydrogens is 462 g/mol. The number of hydrogen-bond acceptors (Lipinski definition) is 7. The van der Waals surface area contributed by atoms with E-state index >= 15 is 0 Å². The van der Waals surface area contributed by atoms with E-state index in [1.165, 1.54) is 0 Å². The summed E-state index contributed by atoms with van der Waals surface area (Å²) < 4.78 is 5.77. The van der Waals surface area contributed by atoms with Crippen LogP contribution >= 0.6 is 11.8 Å². The lowest BCUT2D eigenvalue weighted by molar-refractivity contribution is -0.159. The molecule has 34 heavy (non-hydrogen) atoms. The summed E-state index contributed by atoms with van der Waals surface area (Å²) in [6, 6.07) is 11.0. The van der Waals surface area contributed by atoms with Crippen LogP contribution in [0.1, 0.15) is 41.6 Å². The van der Waals surface area contributed by atoms with Crippen molar-refractivity contribution in [3.63, 3.8) is 0 Å². The fourth-order valence-corrected chi connectivity index (χ4v) is 3.34. The SMILES string of the molecule is CCCC(=O)Nc1cccc(C(=O)NCCSCc2ccc(CN(C)C)o2)c1.O=C(O)C(=O)O. The lowest BCUT2D eigenvalue weighted by atomic mass is 10.2. The van der Waals surface area contributed by atoms with Gasteiger partial charge >= 0.3 is 11.9 Å². The summed E-state index contributed by atoms with van der Waals surface area (Å²) in [5, 5.41) is 20.5. The molecule has 1 heterocycles. The number of amides is 2. The minimum absolute atomic E-state index is 0.0388. The molecule has 0 aliphatic rings. The largest absolute Gasteiger partial charge is 0.473 e. The number of carbonyl (C=O) groups excluding carboxylic acids is 2. The van der Waals surface area contributed by atoms with E-state index in [1.807, 2.05) is 33.2 Å². The van der Waals surface area contributed by atoms with E-state index in [1.54, 1.807) is 36.0 Å². The molecule has 0 atom stereocenters. The van der Waals surface area contributed by atoms with Crippen molar-refractivity contribution in [1.29, 1.82) is 0 Å². The van der Waals surface area contributed by atoms with Gasteiger partial charge in [-0.15, -0.1) is 0 Å². The van der Waals surface area contributed by atoms with Crippen LogP contribution in [0.3, 0.4) is 0 Å². The van der Waals surface area contributed by atoms with Gasteiger partial charge in [-0.25, -0.2) is 9.59 Å². The third-order valence-electron chi connectivity index (χ3n) is 4.03. The van der Waals surface area contributed by atoms with Gasteiger partial charge in [0.1, 0.15) is 11.5 Å². The molecule has 186 valence electrons. The topological polar surface area (TPSA) is 149 Å². The molecule has 0 saturated carbocycles. The second-order valence-corrected chi connectivity index (χ2v) is 8.51. The predicted molar refractivity (Wildman–Crippen MR) is 130 cm³/mol. The van der Waals surface area contributed by atoms with E-state index in [-0.39, 0.29) is 11.8 Å². The Bertz CT molecular complexity index is 948. The van der Waals surface area contributed by atoms with E-state index in [9.17, 15) is 9.59 Å². The van der Waals surface area contributed by atoms with Gasteiger partial charge in [0.25, 0.3) is 5.91 Å². The molecule has 0 aliphatic heterocycles. The Labute approximate surface area is 202 Å². The first kappa shape index (κ1) is 28.7. The normalized spacial score (nSPS) is 10.2. The van der Waals surface area contributed by atoms with Crippen molar-refractivity contribution in [2.45, 2.75) is 32.1 Å². The van der Waals surface area contributed by atoms with Gasteiger partial charge in [0.2, 0.25) is 5.91 Å². The maximum atomic E-state index is 12.3. The van der Waals surface area contributed by atoms with Crippen LogP contribution in [0, 0.1) is 0 Å². The Hall–Kier alpha value is -3.31. The van der Waals surface area contributed by atoms with Crippen LogP contribution in [0.5, 0.6) is 0 Å². The summed E-state index contributed by atoms with van der Waals surface area (Å²) in [6.07, 6.45) is 1.26. The fraction of sp³-hybridized carbons (Fsp3) is 0.391. The third-order valence-corrected chi connectivity index (χ3v) is 5.02. The second kappa shape index (κ2) is 15.5. The number of rotatable bonds is 11. The van der Waals surface area contributed by atoms with Gasteiger partial charge in [0, 0.05) is 30.0 Å². The molecule has 11 heteroatoms. The Morgan fingerprint density at radius 1 is 1.03 bits per heavy atom. The minimum atomic E-state index is -1.82. The molecule has 0 spiro atoms. The lowest BCUT2D eigenvalue weighted by Crippen LogP contribution is -2.25. The van der Waals surface area contributed by atoms with Gasteiger partial charge in [0.05, 0.1) is 12.3 Å². The van der Waals surface area contributed by atoms with Gasteiger partial charge in [0.15, 0.2) is 0 Å². The number of benzene rings is 1. The maximum absolute atomic E-state index is 12.3. The van der Waals surface area contributed by atoms with Crippen LogP contribution in [0.15, 0.2) is 40.8 Å². The number of nitrogens with zero attached hydrogens (tertiary/aromatic N) is 1. The van der Waals surface area contributed by atoms with Gasteiger partial charge in [-0.1, -0.05) is 13.0 Å². The highest BCUT2D eigenvalue weighted by Gasteiger charge is 2.08. The van der Waals surface area contributed by atoms with E-state index in [0.717, 1.165) is 36.0 Å². The van der Waals surface area contributed by atoms with E-state index in [2.05, 4.69) is 15.5 Å². The van der Waals surface area contributed by atoms with Crippen LogP contribution in [0.25, 0.3) is 0 Å². The first-order chi connectivity index (χ1) is 16.1. The van der Waals surface area contributed by atoms with Gasteiger partial charge < -0.3 is 30.2 Å². The molecule has 4 N–H and O–H groups in total. The highest BCUT2D eigenvalue weighted by atomic mass is 32.2. The molecule has 2 amide bonds. The van der Waals surface area contributed by atoms with E-state index < -0.39 is 11.9 Å². The zero-order valence-electron chi connectivity index (χ0n) is 19.5. The van der Waals surface area contributed by atoms with Gasteiger partial charge in [-0.3, -0.25) is 9.59 Å². The average molecular weight is 494 g/mol. The number of nitrogens with one attached hydrogen (secondary N) is 2. The Morgan fingerprint density at radius 2 is 1.71 bits per heavy atom. The predicted octanol–water partition coefficient (Wildman–Crippen LogP) is 2.90. The maximum Gasteiger partial charge on any atom is 0.414 e. The highest BCUT2D eigenvalue weighted by Crippen LogP contribution is 2.16. The van der Waals surface area contributed by atoms with Crippen molar-refractivity contribution in [2.24, 2.45) is 0 Å². The van der Waals surface area contributed by atoms with E-state index in [0.29, 0.717) is 24.2 Å². The zero-order valence-corrected chi connectivity index (χ0v) is 20.3. The third kappa shape index (κ3) is 12.1. The molecule has 0 fully saturated rings. The molecule has 0 aliphatic carbocycles. The molecule has 10 nitrogen and oxygen atoms in total. The molecule has 0 saturated heterocycles. The molecule has 1 aromatic carbocycles. The van der Waals surface area contributed by atoms with Crippen LogP contribution in [0.4, 0.5) is 5.69 Å². The Morgan fingerprint density at radius 3 is 2.32 bits per heavy atom. The first-order valence-electron chi connectivity index (χ1n) is 10.6. The number of aliphatic carboxylic acids is 2. The summed E-state index contributed by atoms with van der Waals surface area (Å²) >= 11 is 1.71. The summed E-state index contributed by atoms with van der Waals surface area (Å²) in [6.45, 7) is 3.32. The lowest BCUT2D eigenvalue weighted by Gasteiger charge is -2.08. The van der Waals surface area contributed by atoms with Crippen molar-refractivity contribution in [3.8, 4) is 0 Å². The Balaban J connectivity index is 0.000000852. The monoisotopic (exact) mass is 493 g/mol. The van der Waals surface area contributed by atoms with Crippen LogP contribution < -0.4 is 10.6 Å². The molecule has 2 rings (SSSR count). The van der Waals surface area contributed by atoms with E-state index in [4.69, 9.17) is 24.2 Å². The second-order valence-electron chi connectivity index (χ2n) is 7.40. The average Bonchev–Trinajstić information content (AvgIpc) is 3.20. The number of carboxylic acid groups (broad SMARTS) is 2. The van der Waals surface area contributed by atoms with Crippen molar-refractivity contribution < 1.29 is 33.8 Å². The zero-order chi connectivity index (χ0) is 25.5. The summed E-state index contributed by atoms with van der Waals surface area (Å²) in [4.78, 5) is 44.2. The number of thioether (sulfide) groups is 1. The number of carbonyl (C=O) groups is 4. The van der Waals surface area contributed by atoms with Crippen LogP contribution in [-0.2, 0) is 26.7 Å². The van der Waals surface area contributed by atoms with Gasteiger partial charge in [-0.05, 0) is 50.8 Å². The fourth-order valence-electron chi connectivity index (χ4n) is 2.60. The van der Waals surface area contributed by atoms with Gasteiger partial charge in [-0.2, -0.15) is 11.8 Å². The van der Waals surface area contributed by atoms with Crippen LogP contribution in [0.2, 0.25) is 0 Å². The van der Waals surface area contributed by atoms with Crippen LogP contribution in [-0.4, -0.2) is 65.3 Å². The molecule has 0 unspecified atom stereocenters. The first-order valence-corrected chi connectivity index (χ1v) is 11.7. The quantitative estimate of drug-likeness (QED) is 0.274. The molecule has 1 aromatic heterocycles. The number of carboxylic acids is 2. The number of anilines is 1. The highest BCUT2D eigenvalue weighted by molar-refractivity contribution is 7.98. The number of hydrogen-bond donors (Lipinski definition) is 4. The number of furan rings is 1. The molecule has 0 radical (unpaired) electrons. The molecule has 0 bridgehead atoms. The molecular formula is C23H31N3O7S. The van der Waals surface area contributed by atoms with Crippen molar-refractivity contribution >= 4 is 41.2 Å². The smallest absolute Gasteiger partial charge is 0.414 e. The van der Waals surface area contributed by atoms with Crippen molar-refractivity contribution in [1.82, 2.24) is 10.2 Å². The standard InChI is InChI=1S/C21H29N3O3S.C2H2O4/c1-4-6-20(25)23-17-8-5-7-16(13-17)21(26)22-11-12-28-15-19-10-9-18(27-19)14-24(2)3;3-1(4)2(5)6/h5,7-10,13H,4,6,11-12,14-15H2,1-3H3,(H,22,26)(H,23,25);(H,3,4)(H,5,6). The Kier molecular flexibility index (Phi) is 13.1. The summed E-state index contributed by atoms with van der Waals surface area (Å²) in [5.74, 6) is -0.347. The van der Waals surface area contributed by atoms with Crippen molar-refractivity contribution in [3.05, 3.63) is 53.5 Å². The summed E-state index contributed by atoms with van der Waals surface area (Å²) in [5.41, 5.74) is 1.19. The van der Waals surface area contributed by atoms with Crippen molar-refractivity contribution in [2.75, 3.05) is 31.7 Å². The summed E-state index contributed by atoms with van der Waals surface area (Å²) in [7, 11) is 4.02. The molecule has 2 aromatic rings. The minimum Gasteiger partial charge on any atom is -0.473 e.